The molecule has 2 atom stereocenters. The summed E-state index contributed by atoms with van der Waals surface area (Å²) in [5, 5.41) is 4.39. The molecule has 0 aromatic carbocycles. The number of aryl methyl sites for hydroxylation is 1. The molecule has 0 N–H and O–H groups in total. The zero-order chi connectivity index (χ0) is 16.8. The molecule has 1 aliphatic rings. The number of rotatable bonds is 8. The summed E-state index contributed by atoms with van der Waals surface area (Å²) in [7, 11) is 6.55. The van der Waals surface area contributed by atoms with Gasteiger partial charge in [0, 0.05) is 44.5 Å². The van der Waals surface area contributed by atoms with Crippen LogP contribution < -0.4 is 0 Å². The van der Waals surface area contributed by atoms with E-state index in [0.717, 1.165) is 19.6 Å². The van der Waals surface area contributed by atoms with Gasteiger partial charge in [-0.05, 0) is 52.5 Å². The Hall–Kier alpha value is -0.910. The van der Waals surface area contributed by atoms with Crippen LogP contribution in [-0.2, 0) is 7.05 Å². The van der Waals surface area contributed by atoms with Crippen molar-refractivity contribution >= 4 is 0 Å². The fourth-order valence-corrected chi connectivity index (χ4v) is 3.91. The van der Waals surface area contributed by atoms with Gasteiger partial charge in [-0.1, -0.05) is 13.8 Å². The Morgan fingerprint density at radius 1 is 1.22 bits per heavy atom. The molecule has 1 aromatic heterocycles. The van der Waals surface area contributed by atoms with Crippen molar-refractivity contribution in [2.24, 2.45) is 13.0 Å². The fourth-order valence-electron chi connectivity index (χ4n) is 3.91. The van der Waals surface area contributed by atoms with Crippen molar-refractivity contribution in [2.75, 3.05) is 53.4 Å². The lowest BCUT2D eigenvalue weighted by Crippen LogP contribution is -2.42. The van der Waals surface area contributed by atoms with Crippen LogP contribution in [0.1, 0.15) is 38.3 Å². The summed E-state index contributed by atoms with van der Waals surface area (Å²) in [5.41, 5.74) is 1.37. The Morgan fingerprint density at radius 3 is 2.57 bits per heavy atom. The molecule has 0 unspecified atom stereocenters. The van der Waals surface area contributed by atoms with E-state index in [9.17, 15) is 0 Å². The van der Waals surface area contributed by atoms with E-state index >= 15 is 0 Å². The average Bonchev–Trinajstić information content (AvgIpc) is 2.94. The Morgan fingerprint density at radius 2 is 1.96 bits per heavy atom. The smallest absolute Gasteiger partial charge is 0.0537 e. The third-order valence-electron chi connectivity index (χ3n) is 5.31. The van der Waals surface area contributed by atoms with Gasteiger partial charge in [-0.25, -0.2) is 0 Å². The number of likely N-dealkylation sites (tertiary alicyclic amines) is 1. The van der Waals surface area contributed by atoms with E-state index in [1.54, 1.807) is 0 Å². The van der Waals surface area contributed by atoms with E-state index < -0.39 is 0 Å². The SMILES string of the molecule is CCN(CC)CCN(C)C[C@@H]1CCCN(C)[C@H]1c1cnn(C)c1. The Balaban J connectivity index is 1.95. The standard InChI is InChI=1S/C18H35N5/c1-6-23(7-2)12-11-20(3)14-16-9-8-10-21(4)18(16)17-13-19-22(5)15-17/h13,15-16,18H,6-12,14H2,1-5H3/t16-,18+/m0/s1. The van der Waals surface area contributed by atoms with Crippen molar-refractivity contribution < 1.29 is 0 Å². The molecule has 0 amide bonds. The molecular weight excluding hydrogens is 286 g/mol. The van der Waals surface area contributed by atoms with Gasteiger partial charge < -0.3 is 9.80 Å². The van der Waals surface area contributed by atoms with Gasteiger partial charge in [0.25, 0.3) is 0 Å². The first-order valence-corrected chi connectivity index (χ1v) is 9.14. The minimum absolute atomic E-state index is 0.508. The molecule has 5 heteroatoms. The highest BCUT2D eigenvalue weighted by Crippen LogP contribution is 2.35. The molecule has 23 heavy (non-hydrogen) atoms. The van der Waals surface area contributed by atoms with Crippen LogP contribution in [0.25, 0.3) is 0 Å². The third kappa shape index (κ3) is 5.03. The predicted molar refractivity (Wildman–Crippen MR) is 96.6 cm³/mol. The van der Waals surface area contributed by atoms with Crippen LogP contribution in [0, 0.1) is 5.92 Å². The normalized spacial score (nSPS) is 23.1. The van der Waals surface area contributed by atoms with Gasteiger partial charge in [-0.2, -0.15) is 5.10 Å². The minimum Gasteiger partial charge on any atom is -0.305 e. The number of hydrogen-bond donors (Lipinski definition) is 0. The van der Waals surface area contributed by atoms with Gasteiger partial charge in [0.1, 0.15) is 0 Å². The Labute approximate surface area is 142 Å². The highest BCUT2D eigenvalue weighted by Gasteiger charge is 2.31. The number of piperidine rings is 1. The second-order valence-electron chi connectivity index (χ2n) is 7.06. The fraction of sp³-hybridized carbons (Fsp3) is 0.833. The number of aromatic nitrogens is 2. The molecule has 0 spiro atoms. The average molecular weight is 322 g/mol. The molecule has 1 aliphatic heterocycles. The van der Waals surface area contributed by atoms with Gasteiger partial charge >= 0.3 is 0 Å². The maximum atomic E-state index is 4.39. The van der Waals surface area contributed by atoms with E-state index in [1.165, 1.54) is 38.0 Å². The van der Waals surface area contributed by atoms with Crippen LogP contribution in [0.5, 0.6) is 0 Å². The topological polar surface area (TPSA) is 27.5 Å². The van der Waals surface area contributed by atoms with E-state index in [-0.39, 0.29) is 0 Å². The van der Waals surface area contributed by atoms with Crippen molar-refractivity contribution in [1.29, 1.82) is 0 Å². The first-order chi connectivity index (χ1) is 11.0. The summed E-state index contributed by atoms with van der Waals surface area (Å²) < 4.78 is 1.93. The number of hydrogen-bond acceptors (Lipinski definition) is 4. The lowest BCUT2D eigenvalue weighted by molar-refractivity contribution is 0.0912. The molecule has 2 rings (SSSR count). The summed E-state index contributed by atoms with van der Waals surface area (Å²) in [6.07, 6.45) is 6.87. The Kier molecular flexibility index (Phi) is 7.06. The molecule has 1 saturated heterocycles. The van der Waals surface area contributed by atoms with Crippen LogP contribution in [0.2, 0.25) is 0 Å². The molecule has 1 fully saturated rings. The summed E-state index contributed by atoms with van der Waals surface area (Å²) in [6.45, 7) is 11.5. The van der Waals surface area contributed by atoms with Crippen LogP contribution in [0.15, 0.2) is 12.4 Å². The van der Waals surface area contributed by atoms with Crippen LogP contribution in [-0.4, -0.2) is 77.8 Å². The third-order valence-corrected chi connectivity index (χ3v) is 5.31. The number of likely N-dealkylation sites (N-methyl/N-ethyl adjacent to an activating group) is 2. The van der Waals surface area contributed by atoms with Crippen molar-refractivity contribution in [3.05, 3.63) is 18.0 Å². The van der Waals surface area contributed by atoms with E-state index in [1.807, 2.05) is 11.7 Å². The Bertz CT molecular complexity index is 454. The minimum atomic E-state index is 0.508. The molecule has 0 aliphatic carbocycles. The maximum Gasteiger partial charge on any atom is 0.0537 e. The van der Waals surface area contributed by atoms with Gasteiger partial charge in [0.15, 0.2) is 0 Å². The first-order valence-electron chi connectivity index (χ1n) is 9.14. The quantitative estimate of drug-likeness (QED) is 0.733. The monoisotopic (exact) mass is 321 g/mol. The van der Waals surface area contributed by atoms with Crippen molar-refractivity contribution in [1.82, 2.24) is 24.5 Å². The molecule has 0 bridgehead atoms. The number of nitrogens with zero attached hydrogens (tertiary/aromatic N) is 5. The molecule has 5 nitrogen and oxygen atoms in total. The predicted octanol–water partition coefficient (Wildman–Crippen LogP) is 2.08. The largest absolute Gasteiger partial charge is 0.305 e. The van der Waals surface area contributed by atoms with E-state index in [4.69, 9.17) is 0 Å². The zero-order valence-corrected chi connectivity index (χ0v) is 15.7. The summed E-state index contributed by atoms with van der Waals surface area (Å²) in [4.78, 5) is 7.54. The maximum absolute atomic E-state index is 4.39. The molecule has 2 heterocycles. The zero-order valence-electron chi connectivity index (χ0n) is 15.7. The molecule has 132 valence electrons. The van der Waals surface area contributed by atoms with Crippen LogP contribution in [0.4, 0.5) is 0 Å². The molecule has 1 aromatic rings. The first kappa shape index (κ1) is 18.4. The van der Waals surface area contributed by atoms with Gasteiger partial charge in [0.2, 0.25) is 0 Å². The highest BCUT2D eigenvalue weighted by molar-refractivity contribution is 5.13. The van der Waals surface area contributed by atoms with Crippen molar-refractivity contribution in [3.8, 4) is 0 Å². The van der Waals surface area contributed by atoms with Gasteiger partial charge in [-0.15, -0.1) is 0 Å². The van der Waals surface area contributed by atoms with Crippen molar-refractivity contribution in [2.45, 2.75) is 32.7 Å². The van der Waals surface area contributed by atoms with Crippen molar-refractivity contribution in [3.63, 3.8) is 0 Å². The van der Waals surface area contributed by atoms with Gasteiger partial charge in [0.05, 0.1) is 6.20 Å². The lowest BCUT2D eigenvalue weighted by atomic mass is 9.86. The highest BCUT2D eigenvalue weighted by atomic mass is 15.3. The van der Waals surface area contributed by atoms with E-state index in [2.05, 4.69) is 60.1 Å². The van der Waals surface area contributed by atoms with Crippen LogP contribution in [0.3, 0.4) is 0 Å². The van der Waals surface area contributed by atoms with E-state index in [0.29, 0.717) is 12.0 Å². The molecular formula is C18H35N5. The van der Waals surface area contributed by atoms with Crippen LogP contribution >= 0.6 is 0 Å². The summed E-state index contributed by atoms with van der Waals surface area (Å²) in [5.74, 6) is 0.694. The second kappa shape index (κ2) is 8.81. The molecule has 0 saturated carbocycles. The lowest BCUT2D eigenvalue weighted by Gasteiger charge is -2.40. The van der Waals surface area contributed by atoms with Gasteiger partial charge in [-0.3, -0.25) is 9.58 Å². The summed E-state index contributed by atoms with van der Waals surface area (Å²) in [6, 6.07) is 0.508. The molecule has 0 radical (unpaired) electrons. The second-order valence-corrected chi connectivity index (χ2v) is 7.06. The summed E-state index contributed by atoms with van der Waals surface area (Å²) >= 11 is 0.